The maximum absolute atomic E-state index is 6.27. The summed E-state index contributed by atoms with van der Waals surface area (Å²) in [6.07, 6.45) is 0. The second-order valence-electron chi connectivity index (χ2n) is 5.17. The van der Waals surface area contributed by atoms with Crippen LogP contribution in [0, 0.1) is 0 Å². The van der Waals surface area contributed by atoms with E-state index in [0.717, 1.165) is 22.9 Å². The minimum absolute atomic E-state index is 0.636. The van der Waals surface area contributed by atoms with Crippen molar-refractivity contribution in [2.24, 2.45) is 0 Å². The van der Waals surface area contributed by atoms with Crippen LogP contribution in [0.15, 0.2) is 42.5 Å². The average molecular weight is 305 g/mol. The van der Waals surface area contributed by atoms with Gasteiger partial charge in [0.05, 0.1) is 17.3 Å². The van der Waals surface area contributed by atoms with E-state index in [4.69, 9.17) is 16.3 Å². The van der Waals surface area contributed by atoms with Crippen LogP contribution in [0.4, 0.5) is 11.4 Å². The van der Waals surface area contributed by atoms with Crippen LogP contribution in [0.2, 0.25) is 5.02 Å². The van der Waals surface area contributed by atoms with Gasteiger partial charge < -0.3 is 15.0 Å². The minimum Gasteiger partial charge on any atom is -0.381 e. The van der Waals surface area contributed by atoms with E-state index >= 15 is 0 Å². The number of nitrogens with one attached hydrogen (secondary N) is 1. The van der Waals surface area contributed by atoms with Crippen LogP contribution in [0.1, 0.15) is 11.1 Å². The van der Waals surface area contributed by atoms with Crippen molar-refractivity contribution in [3.05, 3.63) is 58.6 Å². The fraction of sp³-hybridized carbons (Fsp3) is 0.294. The summed E-state index contributed by atoms with van der Waals surface area (Å²) in [6.45, 7) is 1.40. The molecule has 2 aromatic carbocycles. The lowest BCUT2D eigenvalue weighted by molar-refractivity contribution is 0.185. The molecule has 0 atom stereocenters. The highest BCUT2D eigenvalue weighted by molar-refractivity contribution is 6.33. The van der Waals surface area contributed by atoms with Gasteiger partial charge in [0.15, 0.2) is 0 Å². The average Bonchev–Trinajstić information content (AvgIpc) is 2.45. The van der Waals surface area contributed by atoms with Gasteiger partial charge in [0.25, 0.3) is 0 Å². The van der Waals surface area contributed by atoms with Gasteiger partial charge in [-0.3, -0.25) is 0 Å². The van der Waals surface area contributed by atoms with Crippen molar-refractivity contribution in [3.63, 3.8) is 0 Å². The third-order valence-corrected chi connectivity index (χ3v) is 3.53. The van der Waals surface area contributed by atoms with E-state index in [9.17, 15) is 0 Å². The van der Waals surface area contributed by atoms with Crippen LogP contribution in [0.5, 0.6) is 0 Å². The molecule has 0 bridgehead atoms. The number of methoxy groups -OCH3 is 1. The Hall–Kier alpha value is -1.71. The van der Waals surface area contributed by atoms with Gasteiger partial charge in [-0.25, -0.2) is 0 Å². The van der Waals surface area contributed by atoms with Gasteiger partial charge >= 0.3 is 0 Å². The first kappa shape index (κ1) is 15.7. The zero-order valence-corrected chi connectivity index (χ0v) is 13.4. The molecule has 0 aliphatic heterocycles. The van der Waals surface area contributed by atoms with Crippen molar-refractivity contribution in [1.29, 1.82) is 0 Å². The molecule has 0 unspecified atom stereocenters. The molecule has 0 aliphatic carbocycles. The normalized spacial score (nSPS) is 10.5. The SMILES string of the molecule is COCc1cccc(CNc2ccc(N(C)C)c(Cl)c2)c1. The van der Waals surface area contributed by atoms with E-state index in [-0.39, 0.29) is 0 Å². The van der Waals surface area contributed by atoms with Crippen LogP contribution < -0.4 is 10.2 Å². The van der Waals surface area contributed by atoms with Gasteiger partial charge in [-0.05, 0) is 29.3 Å². The fourth-order valence-electron chi connectivity index (χ4n) is 2.18. The highest BCUT2D eigenvalue weighted by atomic mass is 35.5. The maximum atomic E-state index is 6.27. The van der Waals surface area contributed by atoms with E-state index in [2.05, 4.69) is 23.5 Å². The van der Waals surface area contributed by atoms with E-state index in [0.29, 0.717) is 6.61 Å². The van der Waals surface area contributed by atoms with E-state index in [1.165, 1.54) is 11.1 Å². The Kier molecular flexibility index (Phi) is 5.48. The first-order chi connectivity index (χ1) is 10.1. The highest BCUT2D eigenvalue weighted by Crippen LogP contribution is 2.27. The largest absolute Gasteiger partial charge is 0.381 e. The Balaban J connectivity index is 2.03. The molecule has 0 aliphatic rings. The molecule has 0 spiro atoms. The van der Waals surface area contributed by atoms with Gasteiger partial charge in [0.1, 0.15) is 0 Å². The van der Waals surface area contributed by atoms with Crippen molar-refractivity contribution >= 4 is 23.0 Å². The molecule has 2 aromatic rings. The lowest BCUT2D eigenvalue weighted by atomic mass is 10.1. The van der Waals surface area contributed by atoms with Crippen LogP contribution in [-0.4, -0.2) is 21.2 Å². The second kappa shape index (κ2) is 7.34. The van der Waals surface area contributed by atoms with Gasteiger partial charge in [-0.1, -0.05) is 35.9 Å². The Morgan fingerprint density at radius 2 is 1.86 bits per heavy atom. The first-order valence-corrected chi connectivity index (χ1v) is 7.25. The molecular weight excluding hydrogens is 284 g/mol. The summed E-state index contributed by atoms with van der Waals surface area (Å²) in [4.78, 5) is 2.00. The zero-order valence-electron chi connectivity index (χ0n) is 12.7. The molecule has 2 rings (SSSR count). The summed E-state index contributed by atoms with van der Waals surface area (Å²) >= 11 is 6.27. The third-order valence-electron chi connectivity index (χ3n) is 3.23. The highest BCUT2D eigenvalue weighted by Gasteiger charge is 2.03. The van der Waals surface area contributed by atoms with Gasteiger partial charge in [-0.2, -0.15) is 0 Å². The predicted octanol–water partition coefficient (Wildman–Crippen LogP) is 4.16. The number of rotatable bonds is 6. The smallest absolute Gasteiger partial charge is 0.0713 e. The quantitative estimate of drug-likeness (QED) is 0.867. The number of ether oxygens (including phenoxy) is 1. The van der Waals surface area contributed by atoms with E-state index in [1.807, 2.05) is 43.3 Å². The summed E-state index contributed by atoms with van der Waals surface area (Å²) in [7, 11) is 5.67. The third kappa shape index (κ3) is 4.38. The molecule has 0 aromatic heterocycles. The van der Waals surface area contributed by atoms with Gasteiger partial charge in [-0.15, -0.1) is 0 Å². The molecule has 0 heterocycles. The van der Waals surface area contributed by atoms with Crippen LogP contribution >= 0.6 is 11.6 Å². The van der Waals surface area contributed by atoms with Crippen LogP contribution in [0.3, 0.4) is 0 Å². The summed E-state index contributed by atoms with van der Waals surface area (Å²) in [5, 5.41) is 4.14. The molecule has 4 heteroatoms. The lowest BCUT2D eigenvalue weighted by Crippen LogP contribution is -2.09. The van der Waals surface area contributed by atoms with Gasteiger partial charge in [0, 0.05) is 33.4 Å². The monoisotopic (exact) mass is 304 g/mol. The lowest BCUT2D eigenvalue weighted by Gasteiger charge is -2.16. The van der Waals surface area contributed by atoms with Crippen molar-refractivity contribution in [2.75, 3.05) is 31.4 Å². The summed E-state index contributed by atoms with van der Waals surface area (Å²) in [5.41, 5.74) is 4.43. The van der Waals surface area contributed by atoms with Crippen LogP contribution in [0.25, 0.3) is 0 Å². The Morgan fingerprint density at radius 3 is 2.52 bits per heavy atom. The molecule has 3 nitrogen and oxygen atoms in total. The van der Waals surface area contributed by atoms with Gasteiger partial charge in [0.2, 0.25) is 0 Å². The van der Waals surface area contributed by atoms with Crippen molar-refractivity contribution in [3.8, 4) is 0 Å². The second-order valence-corrected chi connectivity index (χ2v) is 5.57. The van der Waals surface area contributed by atoms with Crippen LogP contribution in [-0.2, 0) is 17.9 Å². The number of anilines is 2. The molecule has 0 saturated carbocycles. The molecule has 0 radical (unpaired) electrons. The number of halogens is 1. The predicted molar refractivity (Wildman–Crippen MR) is 90.3 cm³/mol. The standard InChI is InChI=1S/C17H21ClN2O/c1-20(2)17-8-7-15(10-16(17)18)19-11-13-5-4-6-14(9-13)12-21-3/h4-10,19H,11-12H2,1-3H3. The molecule has 21 heavy (non-hydrogen) atoms. The Bertz CT molecular complexity index is 599. The Labute approximate surface area is 131 Å². The van der Waals surface area contributed by atoms with Crippen molar-refractivity contribution in [1.82, 2.24) is 0 Å². The molecule has 0 saturated heterocycles. The number of hydrogen-bond donors (Lipinski definition) is 1. The number of hydrogen-bond acceptors (Lipinski definition) is 3. The Morgan fingerprint density at radius 1 is 1.10 bits per heavy atom. The molecule has 0 amide bonds. The number of nitrogens with zero attached hydrogens (tertiary/aromatic N) is 1. The maximum Gasteiger partial charge on any atom is 0.0713 e. The first-order valence-electron chi connectivity index (χ1n) is 6.87. The molecule has 1 N–H and O–H groups in total. The summed E-state index contributed by atoms with van der Waals surface area (Å²) in [5.74, 6) is 0. The molecular formula is C17H21ClN2O. The fourth-order valence-corrected chi connectivity index (χ4v) is 2.53. The van der Waals surface area contributed by atoms with Crippen molar-refractivity contribution < 1.29 is 4.74 Å². The molecule has 0 fully saturated rings. The van der Waals surface area contributed by atoms with E-state index < -0.39 is 0 Å². The summed E-state index contributed by atoms with van der Waals surface area (Å²) in [6, 6.07) is 14.4. The number of benzene rings is 2. The zero-order chi connectivity index (χ0) is 15.2. The topological polar surface area (TPSA) is 24.5 Å². The van der Waals surface area contributed by atoms with E-state index in [1.54, 1.807) is 7.11 Å². The van der Waals surface area contributed by atoms with Crippen molar-refractivity contribution in [2.45, 2.75) is 13.2 Å². The summed E-state index contributed by atoms with van der Waals surface area (Å²) < 4.78 is 5.15. The molecule has 112 valence electrons. The minimum atomic E-state index is 0.636.